The van der Waals surface area contributed by atoms with Gasteiger partial charge in [-0.05, 0) is 44.4 Å². The number of azo groups is 1. The topological polar surface area (TPSA) is 51.0 Å². The summed E-state index contributed by atoms with van der Waals surface area (Å²) in [6, 6.07) is 21.0. The van der Waals surface area contributed by atoms with Crippen molar-refractivity contribution in [2.75, 3.05) is 0 Å². The monoisotopic (exact) mass is 332 g/mol. The van der Waals surface area contributed by atoms with Gasteiger partial charge < -0.3 is 4.74 Å². The number of rotatable bonds is 3. The molecule has 0 radical (unpaired) electrons. The normalized spacial score (nSPS) is 11.8. The second-order valence-corrected chi connectivity index (χ2v) is 6.81. The number of benzene rings is 3. The Morgan fingerprint density at radius 3 is 2.24 bits per heavy atom. The highest BCUT2D eigenvalue weighted by atomic mass is 16.5. The molecule has 0 aromatic heterocycles. The van der Waals surface area contributed by atoms with Gasteiger partial charge in [-0.25, -0.2) is 0 Å². The van der Waals surface area contributed by atoms with Crippen LogP contribution in [0.2, 0.25) is 0 Å². The highest BCUT2D eigenvalue weighted by molar-refractivity contribution is 5.96. The van der Waals surface area contributed by atoms with Gasteiger partial charge in [0.05, 0.1) is 11.1 Å². The Morgan fingerprint density at radius 2 is 1.52 bits per heavy atom. The van der Waals surface area contributed by atoms with Gasteiger partial charge in [0, 0.05) is 5.39 Å². The van der Waals surface area contributed by atoms with Crippen LogP contribution < -0.4 is 4.74 Å². The Hall–Kier alpha value is -3.01. The number of carbonyl (C=O) groups excluding carboxylic acids is 1. The van der Waals surface area contributed by atoms with Gasteiger partial charge in [0.25, 0.3) is 0 Å². The molecule has 4 heteroatoms. The van der Waals surface area contributed by atoms with Crippen LogP contribution in [-0.2, 0) is 4.79 Å². The second-order valence-electron chi connectivity index (χ2n) is 6.81. The summed E-state index contributed by atoms with van der Waals surface area (Å²) in [7, 11) is 0. The summed E-state index contributed by atoms with van der Waals surface area (Å²) in [6.07, 6.45) is 0. The molecule has 4 nitrogen and oxygen atoms in total. The van der Waals surface area contributed by atoms with Gasteiger partial charge in [-0.1, -0.05) is 48.5 Å². The second kappa shape index (κ2) is 6.85. The lowest BCUT2D eigenvalue weighted by molar-refractivity contribution is -0.142. The Bertz CT molecular complexity index is 926. The molecule has 3 rings (SSSR count). The number of hydrogen-bond acceptors (Lipinski definition) is 4. The molecule has 0 saturated heterocycles. The smallest absolute Gasteiger partial charge is 0.316 e. The molecule has 0 aliphatic carbocycles. The van der Waals surface area contributed by atoms with Gasteiger partial charge in [-0.2, -0.15) is 5.11 Å². The lowest BCUT2D eigenvalue weighted by atomic mass is 9.97. The molecule has 0 saturated carbocycles. The van der Waals surface area contributed by atoms with E-state index in [4.69, 9.17) is 4.74 Å². The van der Waals surface area contributed by atoms with Crippen molar-refractivity contribution in [1.82, 2.24) is 0 Å². The number of hydrogen-bond donors (Lipinski definition) is 0. The first-order valence-electron chi connectivity index (χ1n) is 8.16. The van der Waals surface area contributed by atoms with Crippen molar-refractivity contribution >= 4 is 28.1 Å². The number of carbonyl (C=O) groups is 1. The third-order valence-corrected chi connectivity index (χ3v) is 3.70. The zero-order chi connectivity index (χ0) is 17.9. The van der Waals surface area contributed by atoms with E-state index in [1.807, 2.05) is 81.4 Å². The molecule has 3 aromatic carbocycles. The van der Waals surface area contributed by atoms with E-state index < -0.39 is 5.41 Å². The van der Waals surface area contributed by atoms with Crippen LogP contribution in [0.25, 0.3) is 10.8 Å². The van der Waals surface area contributed by atoms with Crippen LogP contribution in [-0.4, -0.2) is 5.97 Å². The van der Waals surface area contributed by atoms with Crippen LogP contribution in [0.5, 0.6) is 5.75 Å². The first-order chi connectivity index (χ1) is 11.9. The minimum atomic E-state index is -0.598. The lowest BCUT2D eigenvalue weighted by Crippen LogP contribution is -2.25. The Morgan fingerprint density at radius 1 is 0.840 bits per heavy atom. The maximum Gasteiger partial charge on any atom is 0.316 e. The molecule has 25 heavy (non-hydrogen) atoms. The van der Waals surface area contributed by atoms with Gasteiger partial charge in [0.2, 0.25) is 0 Å². The van der Waals surface area contributed by atoms with Crippen molar-refractivity contribution in [3.05, 3.63) is 66.7 Å². The largest absolute Gasteiger partial charge is 0.424 e. The summed E-state index contributed by atoms with van der Waals surface area (Å²) in [5.41, 5.74) is 0.697. The Labute approximate surface area is 147 Å². The van der Waals surface area contributed by atoms with Crippen LogP contribution in [0, 0.1) is 5.41 Å². The number of esters is 1. The average Bonchev–Trinajstić information content (AvgIpc) is 2.60. The van der Waals surface area contributed by atoms with Crippen molar-refractivity contribution in [2.24, 2.45) is 15.6 Å². The molecule has 0 spiro atoms. The molecular weight excluding hydrogens is 312 g/mol. The third-order valence-electron chi connectivity index (χ3n) is 3.70. The number of ether oxygens (including phenoxy) is 1. The van der Waals surface area contributed by atoms with Crippen molar-refractivity contribution in [1.29, 1.82) is 0 Å². The van der Waals surface area contributed by atoms with E-state index >= 15 is 0 Å². The van der Waals surface area contributed by atoms with E-state index in [1.165, 1.54) is 0 Å². The zero-order valence-corrected chi connectivity index (χ0v) is 14.6. The number of fused-ring (bicyclic) bond motifs is 1. The Kier molecular flexibility index (Phi) is 4.61. The first kappa shape index (κ1) is 16.8. The van der Waals surface area contributed by atoms with Gasteiger partial charge in [-0.3, -0.25) is 4.79 Å². The van der Waals surface area contributed by atoms with Crippen molar-refractivity contribution in [3.8, 4) is 5.75 Å². The zero-order valence-electron chi connectivity index (χ0n) is 14.6. The molecule has 0 N–H and O–H groups in total. The first-order valence-corrected chi connectivity index (χ1v) is 8.16. The molecule has 0 heterocycles. The molecule has 0 aliphatic heterocycles. The van der Waals surface area contributed by atoms with Crippen LogP contribution in [0.1, 0.15) is 20.8 Å². The summed E-state index contributed by atoms with van der Waals surface area (Å²) in [5, 5.41) is 10.6. The number of nitrogens with zero attached hydrogens (tertiary/aromatic N) is 2. The fourth-order valence-corrected chi connectivity index (χ4v) is 2.28. The van der Waals surface area contributed by atoms with E-state index in [2.05, 4.69) is 10.2 Å². The van der Waals surface area contributed by atoms with Gasteiger partial charge in [0.15, 0.2) is 5.75 Å². The van der Waals surface area contributed by atoms with E-state index in [0.717, 1.165) is 16.5 Å². The SMILES string of the molecule is CC(C)(C)C(=O)Oc1ccc2ccccc2c1N=Nc1ccccc1. The highest BCUT2D eigenvalue weighted by Gasteiger charge is 2.25. The molecule has 0 fully saturated rings. The third kappa shape index (κ3) is 3.91. The van der Waals surface area contributed by atoms with Crippen LogP contribution in [0.3, 0.4) is 0 Å². The van der Waals surface area contributed by atoms with Crippen LogP contribution >= 0.6 is 0 Å². The fourth-order valence-electron chi connectivity index (χ4n) is 2.28. The van der Waals surface area contributed by atoms with Crippen LogP contribution in [0.4, 0.5) is 11.4 Å². The maximum atomic E-state index is 12.3. The molecule has 0 amide bonds. The van der Waals surface area contributed by atoms with Gasteiger partial charge in [-0.15, -0.1) is 5.11 Å². The van der Waals surface area contributed by atoms with Gasteiger partial charge in [0.1, 0.15) is 5.69 Å². The fraction of sp³-hybridized carbons (Fsp3) is 0.190. The molecule has 0 unspecified atom stereocenters. The molecule has 0 aliphatic rings. The molecule has 0 bridgehead atoms. The minimum Gasteiger partial charge on any atom is -0.424 e. The standard InChI is InChI=1S/C21H20N2O2/c1-21(2,3)20(24)25-18-14-13-15-9-7-8-12-17(15)19(18)23-22-16-10-5-4-6-11-16/h4-14H,1-3H3. The minimum absolute atomic E-state index is 0.307. The van der Waals surface area contributed by atoms with E-state index in [0.29, 0.717) is 11.4 Å². The van der Waals surface area contributed by atoms with Gasteiger partial charge >= 0.3 is 5.97 Å². The van der Waals surface area contributed by atoms with E-state index in [1.54, 1.807) is 6.07 Å². The predicted molar refractivity (Wildman–Crippen MR) is 99.7 cm³/mol. The summed E-state index contributed by atoms with van der Waals surface area (Å²) < 4.78 is 5.61. The molecule has 3 aromatic rings. The highest BCUT2D eigenvalue weighted by Crippen LogP contribution is 2.38. The lowest BCUT2D eigenvalue weighted by Gasteiger charge is -2.17. The maximum absolute atomic E-state index is 12.3. The summed E-state index contributed by atoms with van der Waals surface area (Å²) in [4.78, 5) is 12.3. The molecule has 126 valence electrons. The van der Waals surface area contributed by atoms with Crippen molar-refractivity contribution in [3.63, 3.8) is 0 Å². The molecular formula is C21H20N2O2. The molecule has 0 atom stereocenters. The van der Waals surface area contributed by atoms with Crippen LogP contribution in [0.15, 0.2) is 77.0 Å². The summed E-state index contributed by atoms with van der Waals surface area (Å²) >= 11 is 0. The quantitative estimate of drug-likeness (QED) is 0.325. The summed E-state index contributed by atoms with van der Waals surface area (Å²) in [6.45, 7) is 5.46. The predicted octanol–water partition coefficient (Wildman–Crippen LogP) is 6.21. The Balaban J connectivity index is 2.07. The van der Waals surface area contributed by atoms with Crippen molar-refractivity contribution < 1.29 is 9.53 Å². The van der Waals surface area contributed by atoms with E-state index in [-0.39, 0.29) is 5.97 Å². The van der Waals surface area contributed by atoms with Crippen molar-refractivity contribution in [2.45, 2.75) is 20.8 Å². The average molecular weight is 332 g/mol. The van der Waals surface area contributed by atoms with E-state index in [9.17, 15) is 4.79 Å². The summed E-state index contributed by atoms with van der Waals surface area (Å²) in [5.74, 6) is 0.109.